The molecule has 0 saturated carbocycles. The molecule has 186 valence electrons. The number of aryl methyl sites for hydroxylation is 1. The maximum Gasteiger partial charge on any atom is 0.348 e. The van der Waals surface area contributed by atoms with Gasteiger partial charge in [-0.3, -0.25) is 9.36 Å². The molecule has 2 aromatic heterocycles. The second kappa shape index (κ2) is 10.1. The second-order valence-electron chi connectivity index (χ2n) is 7.92. The van der Waals surface area contributed by atoms with Gasteiger partial charge in [0.05, 0.1) is 18.5 Å². The fourth-order valence-corrected chi connectivity index (χ4v) is 6.33. The van der Waals surface area contributed by atoms with Gasteiger partial charge < -0.3 is 14.2 Å². The first-order valence-corrected chi connectivity index (χ1v) is 13.2. The molecule has 0 spiro atoms. The normalized spacial score (nSPS) is 12.3. The summed E-state index contributed by atoms with van der Waals surface area (Å²) in [6.45, 7) is 3.99. The summed E-state index contributed by atoms with van der Waals surface area (Å²) in [7, 11) is 0. The van der Waals surface area contributed by atoms with Gasteiger partial charge in [-0.1, -0.05) is 35.5 Å². The largest absolute Gasteiger partial charge is 0.462 e. The molecule has 0 unspecified atom stereocenters. The van der Waals surface area contributed by atoms with Crippen LogP contribution in [0.25, 0.3) is 10.2 Å². The summed E-state index contributed by atoms with van der Waals surface area (Å²) >= 11 is 8.53. The van der Waals surface area contributed by atoms with Crippen LogP contribution in [0.4, 0.5) is 4.39 Å². The minimum atomic E-state index is -0.493. The number of hydrogen-bond acceptors (Lipinski definition) is 8. The van der Waals surface area contributed by atoms with E-state index in [0.717, 1.165) is 16.9 Å². The van der Waals surface area contributed by atoms with Gasteiger partial charge in [0.25, 0.3) is 5.56 Å². The van der Waals surface area contributed by atoms with Crippen molar-refractivity contribution >= 4 is 50.9 Å². The number of nitrogens with zero attached hydrogens (tertiary/aromatic N) is 2. The van der Waals surface area contributed by atoms with Gasteiger partial charge in [0, 0.05) is 16.3 Å². The lowest BCUT2D eigenvalue weighted by atomic mass is 10.2. The Morgan fingerprint density at radius 1 is 1.28 bits per heavy atom. The van der Waals surface area contributed by atoms with Crippen molar-refractivity contribution < 1.29 is 23.4 Å². The molecule has 0 N–H and O–H groups in total. The van der Waals surface area contributed by atoms with Crippen LogP contribution >= 0.6 is 34.7 Å². The van der Waals surface area contributed by atoms with Crippen molar-refractivity contribution in [2.45, 2.75) is 31.3 Å². The number of benzene rings is 2. The van der Waals surface area contributed by atoms with Gasteiger partial charge >= 0.3 is 5.97 Å². The number of carbonyl (C=O) groups excluding carboxylic acids is 1. The Morgan fingerprint density at radius 3 is 2.86 bits per heavy atom. The number of thiophene rings is 1. The Kier molecular flexibility index (Phi) is 6.92. The van der Waals surface area contributed by atoms with E-state index in [0.29, 0.717) is 47.9 Å². The van der Waals surface area contributed by atoms with E-state index < -0.39 is 11.8 Å². The first-order valence-electron chi connectivity index (χ1n) is 11.0. The number of esters is 1. The van der Waals surface area contributed by atoms with Crippen LogP contribution in [0.1, 0.15) is 33.3 Å². The molecule has 0 atom stereocenters. The summed E-state index contributed by atoms with van der Waals surface area (Å²) in [5.74, 6) is 0.471. The Bertz CT molecular complexity index is 1530. The van der Waals surface area contributed by atoms with E-state index in [1.165, 1.54) is 28.5 Å². The summed E-state index contributed by atoms with van der Waals surface area (Å²) in [4.78, 5) is 31.7. The third-order valence-electron chi connectivity index (χ3n) is 5.66. The standard InChI is InChI=1S/C25H20ClFN2O5S2/c1-3-32-24(31)21-13(2)20-22(36-21)28-25(35-11-15-16(26)5-4-6-17(15)27)29(23(20)30)10-14-7-8-18-19(9-14)34-12-33-18/h4-9H,3,10-12H2,1-2H3. The van der Waals surface area contributed by atoms with Crippen molar-refractivity contribution in [2.24, 2.45) is 0 Å². The lowest BCUT2D eigenvalue weighted by molar-refractivity contribution is 0.0531. The van der Waals surface area contributed by atoms with Crippen LogP contribution in [0, 0.1) is 12.7 Å². The van der Waals surface area contributed by atoms with Crippen molar-refractivity contribution in [2.75, 3.05) is 13.4 Å². The van der Waals surface area contributed by atoms with Gasteiger partial charge in [0.2, 0.25) is 6.79 Å². The highest BCUT2D eigenvalue weighted by Gasteiger charge is 2.23. The molecule has 1 aliphatic rings. The molecule has 11 heteroatoms. The summed E-state index contributed by atoms with van der Waals surface area (Å²) in [6.07, 6.45) is 0. The van der Waals surface area contributed by atoms with Crippen molar-refractivity contribution in [3.8, 4) is 11.5 Å². The van der Waals surface area contributed by atoms with Crippen LogP contribution in [-0.4, -0.2) is 28.9 Å². The molecular weight excluding hydrogens is 527 g/mol. The lowest BCUT2D eigenvalue weighted by Gasteiger charge is -2.13. The van der Waals surface area contributed by atoms with Crippen LogP contribution < -0.4 is 15.0 Å². The van der Waals surface area contributed by atoms with Crippen molar-refractivity contribution in [3.63, 3.8) is 0 Å². The van der Waals surface area contributed by atoms with E-state index in [-0.39, 0.29) is 31.3 Å². The molecule has 0 aliphatic carbocycles. The van der Waals surface area contributed by atoms with E-state index in [1.807, 2.05) is 12.1 Å². The highest BCUT2D eigenvalue weighted by Crippen LogP contribution is 2.35. The van der Waals surface area contributed by atoms with E-state index in [4.69, 9.17) is 30.8 Å². The van der Waals surface area contributed by atoms with Crippen molar-refractivity contribution in [1.29, 1.82) is 0 Å². The van der Waals surface area contributed by atoms with Gasteiger partial charge in [-0.05, 0) is 49.2 Å². The Balaban J connectivity index is 1.60. The maximum absolute atomic E-state index is 14.4. The molecule has 0 saturated heterocycles. The van der Waals surface area contributed by atoms with Gasteiger partial charge in [-0.25, -0.2) is 14.2 Å². The molecule has 7 nitrogen and oxygen atoms in total. The topological polar surface area (TPSA) is 79.7 Å². The number of fused-ring (bicyclic) bond motifs is 2. The molecule has 5 rings (SSSR count). The fraction of sp³-hybridized carbons (Fsp3) is 0.240. The van der Waals surface area contributed by atoms with Crippen LogP contribution in [-0.2, 0) is 17.0 Å². The Morgan fingerprint density at radius 2 is 2.08 bits per heavy atom. The zero-order valence-corrected chi connectivity index (χ0v) is 21.7. The van der Waals surface area contributed by atoms with Crippen LogP contribution in [0.15, 0.2) is 46.3 Å². The van der Waals surface area contributed by atoms with Gasteiger partial charge in [-0.15, -0.1) is 11.3 Å². The second-order valence-corrected chi connectivity index (χ2v) is 10.3. The van der Waals surface area contributed by atoms with E-state index in [1.54, 1.807) is 26.0 Å². The third kappa shape index (κ3) is 4.56. The predicted octanol–water partition coefficient (Wildman–Crippen LogP) is 5.80. The van der Waals surface area contributed by atoms with E-state index in [2.05, 4.69) is 0 Å². The molecule has 3 heterocycles. The number of ether oxygens (including phenoxy) is 3. The number of halogens is 2. The minimum absolute atomic E-state index is 0.140. The van der Waals surface area contributed by atoms with Crippen LogP contribution in [0.5, 0.6) is 11.5 Å². The molecule has 0 bridgehead atoms. The highest BCUT2D eigenvalue weighted by atomic mass is 35.5. The monoisotopic (exact) mass is 546 g/mol. The SMILES string of the molecule is CCOC(=O)c1sc2nc(SCc3c(F)cccc3Cl)n(Cc3ccc4c(c3)OCO4)c(=O)c2c1C. The first-order chi connectivity index (χ1) is 17.4. The number of thioether (sulfide) groups is 1. The summed E-state index contributed by atoms with van der Waals surface area (Å²) in [5, 5.41) is 1.03. The van der Waals surface area contributed by atoms with Gasteiger partial charge in [0.1, 0.15) is 15.5 Å². The molecule has 36 heavy (non-hydrogen) atoms. The lowest BCUT2D eigenvalue weighted by Crippen LogP contribution is -2.24. The maximum atomic E-state index is 14.4. The molecule has 1 aliphatic heterocycles. The summed E-state index contributed by atoms with van der Waals surface area (Å²) in [6, 6.07) is 9.94. The Labute approximate surface area is 218 Å². The predicted molar refractivity (Wildman–Crippen MR) is 137 cm³/mol. The zero-order chi connectivity index (χ0) is 25.4. The first kappa shape index (κ1) is 24.6. The molecule has 0 radical (unpaired) electrons. The van der Waals surface area contributed by atoms with Crippen molar-refractivity contribution in [1.82, 2.24) is 9.55 Å². The quantitative estimate of drug-likeness (QED) is 0.164. The number of rotatable bonds is 7. The van der Waals surface area contributed by atoms with Crippen LogP contribution in [0.3, 0.4) is 0 Å². The number of aromatic nitrogens is 2. The van der Waals surface area contributed by atoms with E-state index >= 15 is 0 Å². The molecule has 0 fully saturated rings. The number of hydrogen-bond donors (Lipinski definition) is 0. The van der Waals surface area contributed by atoms with Crippen molar-refractivity contribution in [3.05, 3.63) is 79.2 Å². The smallest absolute Gasteiger partial charge is 0.348 e. The van der Waals surface area contributed by atoms with Gasteiger partial charge in [-0.2, -0.15) is 0 Å². The van der Waals surface area contributed by atoms with Crippen LogP contribution in [0.2, 0.25) is 5.02 Å². The fourth-order valence-electron chi connectivity index (χ4n) is 3.87. The average molecular weight is 547 g/mol. The number of carbonyl (C=O) groups is 1. The summed E-state index contributed by atoms with van der Waals surface area (Å²) < 4.78 is 32.0. The molecule has 0 amide bonds. The third-order valence-corrected chi connectivity index (χ3v) is 8.18. The average Bonchev–Trinajstić information content (AvgIpc) is 3.45. The minimum Gasteiger partial charge on any atom is -0.462 e. The molecule has 2 aromatic carbocycles. The molecular formula is C25H20ClFN2O5S2. The zero-order valence-electron chi connectivity index (χ0n) is 19.3. The van der Waals surface area contributed by atoms with Gasteiger partial charge in [0.15, 0.2) is 16.7 Å². The summed E-state index contributed by atoms with van der Waals surface area (Å²) in [5.41, 5.74) is 1.35. The van der Waals surface area contributed by atoms with E-state index in [9.17, 15) is 14.0 Å². The highest BCUT2D eigenvalue weighted by molar-refractivity contribution is 7.98. The molecule has 4 aromatic rings. The Hall–Kier alpha value is -3.08.